The maximum Gasteiger partial charge on any atom is 0.251 e. The Hall–Kier alpha value is -2.24. The summed E-state index contributed by atoms with van der Waals surface area (Å²) < 4.78 is 23.9. The lowest BCUT2D eigenvalue weighted by molar-refractivity contribution is 0.0487. The number of ether oxygens (including phenoxy) is 2. The highest BCUT2D eigenvalue weighted by Crippen LogP contribution is 2.34. The molecule has 1 N–H and O–H groups in total. The van der Waals surface area contributed by atoms with Gasteiger partial charge in [-0.2, -0.15) is 0 Å². The van der Waals surface area contributed by atoms with Crippen molar-refractivity contribution in [2.45, 2.75) is 24.9 Å². The molecule has 3 rings (SSSR count). The van der Waals surface area contributed by atoms with Crippen molar-refractivity contribution in [2.75, 3.05) is 26.9 Å². The Labute approximate surface area is 153 Å². The van der Waals surface area contributed by atoms with Crippen molar-refractivity contribution in [1.29, 1.82) is 0 Å². The van der Waals surface area contributed by atoms with E-state index in [4.69, 9.17) is 9.47 Å². The van der Waals surface area contributed by atoms with Crippen LogP contribution >= 0.6 is 0 Å². The molecule has 1 fully saturated rings. The molecule has 2 aromatic rings. The van der Waals surface area contributed by atoms with E-state index in [2.05, 4.69) is 5.32 Å². The summed E-state index contributed by atoms with van der Waals surface area (Å²) in [5, 5.41) is 3.06. The van der Waals surface area contributed by atoms with E-state index in [0.29, 0.717) is 31.9 Å². The Bertz CT molecular complexity index is 739. The van der Waals surface area contributed by atoms with Gasteiger partial charge in [0, 0.05) is 37.8 Å². The molecule has 4 nitrogen and oxygen atoms in total. The lowest BCUT2D eigenvalue weighted by atomic mass is 9.74. The van der Waals surface area contributed by atoms with E-state index in [1.807, 2.05) is 30.3 Å². The van der Waals surface area contributed by atoms with Gasteiger partial charge in [0.2, 0.25) is 0 Å². The Kier molecular flexibility index (Phi) is 6.01. The summed E-state index contributed by atoms with van der Waals surface area (Å²) in [6.45, 7) is 2.24. The van der Waals surface area contributed by atoms with Crippen LogP contribution in [0.15, 0.2) is 48.5 Å². The molecule has 26 heavy (non-hydrogen) atoms. The van der Waals surface area contributed by atoms with Crippen LogP contribution in [0, 0.1) is 5.82 Å². The molecule has 1 aliphatic rings. The van der Waals surface area contributed by atoms with Gasteiger partial charge >= 0.3 is 0 Å². The fourth-order valence-electron chi connectivity index (χ4n) is 3.45. The zero-order valence-corrected chi connectivity index (χ0v) is 15.0. The maximum absolute atomic E-state index is 13.3. The van der Waals surface area contributed by atoms with Gasteiger partial charge in [-0.05, 0) is 48.2 Å². The molecule has 2 aromatic carbocycles. The number of methoxy groups -OCH3 is 1. The number of amides is 1. The van der Waals surface area contributed by atoms with Crippen LogP contribution in [-0.2, 0) is 21.5 Å². The van der Waals surface area contributed by atoms with Gasteiger partial charge in [0.25, 0.3) is 5.91 Å². The van der Waals surface area contributed by atoms with Crippen molar-refractivity contribution in [2.24, 2.45) is 0 Å². The highest BCUT2D eigenvalue weighted by Gasteiger charge is 2.35. The quantitative estimate of drug-likeness (QED) is 0.861. The zero-order chi connectivity index (χ0) is 18.4. The van der Waals surface area contributed by atoms with Gasteiger partial charge in [-0.3, -0.25) is 4.79 Å². The lowest BCUT2D eigenvalue weighted by Crippen LogP contribution is -2.44. The normalized spacial score (nSPS) is 16.2. The zero-order valence-electron chi connectivity index (χ0n) is 15.0. The van der Waals surface area contributed by atoms with Crippen molar-refractivity contribution in [3.05, 3.63) is 71.0 Å². The lowest BCUT2D eigenvalue weighted by Gasteiger charge is -2.38. The molecule has 1 aliphatic heterocycles. The Morgan fingerprint density at radius 3 is 2.62 bits per heavy atom. The second-order valence-electron chi connectivity index (χ2n) is 6.72. The van der Waals surface area contributed by atoms with Crippen LogP contribution in [0.2, 0.25) is 0 Å². The van der Waals surface area contributed by atoms with E-state index in [1.165, 1.54) is 12.1 Å². The molecular weight excluding hydrogens is 333 g/mol. The predicted molar refractivity (Wildman–Crippen MR) is 97.6 cm³/mol. The van der Waals surface area contributed by atoms with Crippen LogP contribution < -0.4 is 5.32 Å². The summed E-state index contributed by atoms with van der Waals surface area (Å²) >= 11 is 0. The number of halogens is 1. The Balaban J connectivity index is 1.74. The summed E-state index contributed by atoms with van der Waals surface area (Å²) in [4.78, 5) is 12.6. The molecule has 1 amide bonds. The average molecular weight is 357 g/mol. The maximum atomic E-state index is 13.3. The van der Waals surface area contributed by atoms with E-state index >= 15 is 0 Å². The van der Waals surface area contributed by atoms with Crippen molar-refractivity contribution < 1.29 is 18.7 Å². The van der Waals surface area contributed by atoms with Gasteiger partial charge in [-0.15, -0.1) is 0 Å². The van der Waals surface area contributed by atoms with Crippen LogP contribution in [0.25, 0.3) is 0 Å². The second kappa shape index (κ2) is 8.43. The van der Waals surface area contributed by atoms with Gasteiger partial charge in [0.1, 0.15) is 5.82 Å². The summed E-state index contributed by atoms with van der Waals surface area (Å²) in [5.41, 5.74) is 2.38. The number of benzene rings is 2. The van der Waals surface area contributed by atoms with E-state index < -0.39 is 0 Å². The first kappa shape index (κ1) is 18.5. The second-order valence-corrected chi connectivity index (χ2v) is 6.72. The number of rotatable bonds is 6. The first-order chi connectivity index (χ1) is 12.6. The molecule has 0 radical (unpaired) electrons. The van der Waals surface area contributed by atoms with E-state index in [9.17, 15) is 9.18 Å². The first-order valence-electron chi connectivity index (χ1n) is 8.83. The molecule has 5 heteroatoms. The minimum atomic E-state index is -0.255. The molecule has 0 spiro atoms. The van der Waals surface area contributed by atoms with Gasteiger partial charge in [0.15, 0.2) is 0 Å². The van der Waals surface area contributed by atoms with Crippen molar-refractivity contribution in [3.63, 3.8) is 0 Å². The monoisotopic (exact) mass is 357 g/mol. The average Bonchev–Trinajstić information content (AvgIpc) is 2.68. The minimum absolute atomic E-state index is 0.115. The molecule has 0 saturated carbocycles. The molecule has 0 bridgehead atoms. The van der Waals surface area contributed by atoms with Crippen LogP contribution in [0.3, 0.4) is 0 Å². The molecule has 0 unspecified atom stereocenters. The molecular formula is C21H24FNO3. The topological polar surface area (TPSA) is 47.6 Å². The molecule has 0 aromatic heterocycles. The summed E-state index contributed by atoms with van der Waals surface area (Å²) in [6.07, 6.45) is 1.59. The highest BCUT2D eigenvalue weighted by atomic mass is 19.1. The molecule has 0 aliphatic carbocycles. The number of hydrogen-bond donors (Lipinski definition) is 1. The minimum Gasteiger partial charge on any atom is -0.381 e. The molecule has 0 atom stereocenters. The van der Waals surface area contributed by atoms with Gasteiger partial charge in [-0.1, -0.05) is 24.3 Å². The van der Waals surface area contributed by atoms with Crippen LogP contribution in [0.4, 0.5) is 4.39 Å². The summed E-state index contributed by atoms with van der Waals surface area (Å²) in [6, 6.07) is 14.0. The Morgan fingerprint density at radius 1 is 1.19 bits per heavy atom. The van der Waals surface area contributed by atoms with E-state index in [1.54, 1.807) is 13.2 Å². The van der Waals surface area contributed by atoms with Gasteiger partial charge < -0.3 is 14.8 Å². The SMILES string of the molecule is COCc1cccc(C(=O)NCC2(c3ccc(F)cc3)CCOCC2)c1. The standard InChI is InChI=1S/C21H24FNO3/c1-25-14-16-3-2-4-17(13-16)20(24)23-15-21(9-11-26-12-10-21)18-5-7-19(22)8-6-18/h2-8,13H,9-12,14-15H2,1H3,(H,23,24). The number of hydrogen-bond acceptors (Lipinski definition) is 3. The van der Waals surface area contributed by atoms with E-state index in [-0.39, 0.29) is 17.1 Å². The van der Waals surface area contributed by atoms with Crippen LogP contribution in [0.5, 0.6) is 0 Å². The van der Waals surface area contributed by atoms with E-state index in [0.717, 1.165) is 24.0 Å². The Morgan fingerprint density at radius 2 is 1.92 bits per heavy atom. The first-order valence-corrected chi connectivity index (χ1v) is 8.83. The fraction of sp³-hybridized carbons (Fsp3) is 0.381. The predicted octanol–water partition coefficient (Wildman–Crippen LogP) is 3.45. The molecule has 1 heterocycles. The number of carbonyl (C=O) groups is 1. The van der Waals surface area contributed by atoms with Crippen molar-refractivity contribution >= 4 is 5.91 Å². The molecule has 138 valence electrons. The highest BCUT2D eigenvalue weighted by molar-refractivity contribution is 5.94. The summed E-state index contributed by atoms with van der Waals surface area (Å²) in [7, 11) is 1.63. The number of nitrogens with one attached hydrogen (secondary N) is 1. The molecule has 1 saturated heterocycles. The third-order valence-electron chi connectivity index (χ3n) is 4.99. The third kappa shape index (κ3) is 4.29. The smallest absolute Gasteiger partial charge is 0.251 e. The van der Waals surface area contributed by atoms with Crippen molar-refractivity contribution in [3.8, 4) is 0 Å². The van der Waals surface area contributed by atoms with Crippen LogP contribution in [0.1, 0.15) is 34.3 Å². The summed E-state index contributed by atoms with van der Waals surface area (Å²) in [5.74, 6) is -0.370. The van der Waals surface area contributed by atoms with Crippen molar-refractivity contribution in [1.82, 2.24) is 5.32 Å². The fourth-order valence-corrected chi connectivity index (χ4v) is 3.45. The van der Waals surface area contributed by atoms with Crippen LogP contribution in [-0.4, -0.2) is 32.8 Å². The van der Waals surface area contributed by atoms with Gasteiger partial charge in [-0.25, -0.2) is 4.39 Å². The largest absolute Gasteiger partial charge is 0.381 e. The number of carbonyl (C=O) groups excluding carboxylic acids is 1. The van der Waals surface area contributed by atoms with Gasteiger partial charge in [0.05, 0.1) is 6.61 Å². The third-order valence-corrected chi connectivity index (χ3v) is 4.99.